The fraction of sp³-hybridized carbons (Fsp3) is 0.385. The summed E-state index contributed by atoms with van der Waals surface area (Å²) in [6.45, 7) is 0.977. The molecule has 0 bridgehead atoms. The van der Waals surface area contributed by atoms with Gasteiger partial charge in [0.25, 0.3) is 0 Å². The lowest BCUT2D eigenvalue weighted by Gasteiger charge is -1.97. The number of aryl methyl sites for hydroxylation is 1. The van der Waals surface area contributed by atoms with Crippen LogP contribution >= 0.6 is 0 Å². The van der Waals surface area contributed by atoms with Gasteiger partial charge in [0.05, 0.1) is 6.61 Å². The Hall–Kier alpha value is -1.72. The Morgan fingerprint density at radius 2 is 2.06 bits per heavy atom. The Balaban J connectivity index is 2.04. The second-order valence-corrected chi connectivity index (χ2v) is 4.07. The zero-order chi connectivity index (χ0) is 12.8. The number of hydrogen-bond donors (Lipinski definition) is 2. The quantitative estimate of drug-likeness (QED) is 0.755. The monoisotopic (exact) mass is 247 g/mol. The summed E-state index contributed by atoms with van der Waals surface area (Å²) in [5.74, 6) is 1.26. The molecule has 0 radical (unpaired) electrons. The van der Waals surface area contributed by atoms with Crippen LogP contribution in [0.25, 0.3) is 11.4 Å². The molecule has 0 saturated carbocycles. The summed E-state index contributed by atoms with van der Waals surface area (Å²) in [5.41, 5.74) is 1.77. The van der Waals surface area contributed by atoms with Crippen molar-refractivity contribution < 1.29 is 9.63 Å². The molecule has 0 aliphatic heterocycles. The van der Waals surface area contributed by atoms with Crippen molar-refractivity contribution in [3.05, 3.63) is 35.7 Å². The smallest absolute Gasteiger partial charge is 0.227 e. The van der Waals surface area contributed by atoms with Crippen LogP contribution in [-0.2, 0) is 13.0 Å². The fourth-order valence-electron chi connectivity index (χ4n) is 1.65. The lowest BCUT2D eigenvalue weighted by molar-refractivity contribution is 0.282. The van der Waals surface area contributed by atoms with Gasteiger partial charge in [0.15, 0.2) is 0 Å². The summed E-state index contributed by atoms with van der Waals surface area (Å²) in [6.07, 6.45) is 1.75. The highest BCUT2D eigenvalue weighted by Crippen LogP contribution is 2.17. The molecule has 0 unspecified atom stereocenters. The number of rotatable bonds is 6. The molecular formula is C13H17N3O2. The highest BCUT2D eigenvalue weighted by molar-refractivity contribution is 5.54. The lowest BCUT2D eigenvalue weighted by atomic mass is 10.1. The molecule has 0 saturated heterocycles. The maximum atomic E-state index is 8.97. The first kappa shape index (κ1) is 12.7. The third-order valence-corrected chi connectivity index (χ3v) is 2.68. The van der Waals surface area contributed by atoms with Crippen LogP contribution in [-0.4, -0.2) is 28.8 Å². The third kappa shape index (κ3) is 3.15. The molecule has 0 aliphatic carbocycles. The minimum Gasteiger partial charge on any atom is -0.392 e. The molecular weight excluding hydrogens is 230 g/mol. The molecule has 1 aromatic carbocycles. The van der Waals surface area contributed by atoms with E-state index < -0.39 is 0 Å². The van der Waals surface area contributed by atoms with Crippen molar-refractivity contribution in [2.45, 2.75) is 19.4 Å². The highest BCUT2D eigenvalue weighted by atomic mass is 16.5. The Morgan fingerprint density at radius 1 is 1.28 bits per heavy atom. The molecule has 2 N–H and O–H groups in total. The van der Waals surface area contributed by atoms with E-state index in [9.17, 15) is 0 Å². The normalized spacial score (nSPS) is 10.8. The van der Waals surface area contributed by atoms with Gasteiger partial charge >= 0.3 is 0 Å². The van der Waals surface area contributed by atoms with Gasteiger partial charge in [-0.05, 0) is 25.6 Å². The minimum atomic E-state index is 0.0434. The molecule has 2 aromatic rings. The van der Waals surface area contributed by atoms with Gasteiger partial charge in [-0.3, -0.25) is 0 Å². The Kier molecular flexibility index (Phi) is 4.44. The van der Waals surface area contributed by atoms with E-state index in [1.54, 1.807) is 0 Å². The summed E-state index contributed by atoms with van der Waals surface area (Å²) in [5, 5.41) is 16.0. The number of benzene rings is 1. The summed E-state index contributed by atoms with van der Waals surface area (Å²) in [4.78, 5) is 4.34. The number of nitrogens with one attached hydrogen (secondary N) is 1. The van der Waals surface area contributed by atoms with Crippen molar-refractivity contribution in [1.29, 1.82) is 0 Å². The van der Waals surface area contributed by atoms with Crippen molar-refractivity contribution in [3.63, 3.8) is 0 Å². The molecule has 5 nitrogen and oxygen atoms in total. The van der Waals surface area contributed by atoms with E-state index in [-0.39, 0.29) is 6.61 Å². The van der Waals surface area contributed by atoms with E-state index in [0.717, 1.165) is 30.5 Å². The van der Waals surface area contributed by atoms with Gasteiger partial charge in [0, 0.05) is 12.0 Å². The number of hydrogen-bond acceptors (Lipinski definition) is 5. The van der Waals surface area contributed by atoms with Crippen molar-refractivity contribution in [2.24, 2.45) is 0 Å². The van der Waals surface area contributed by atoms with Gasteiger partial charge in [0.1, 0.15) is 0 Å². The van der Waals surface area contributed by atoms with Crippen molar-refractivity contribution in [1.82, 2.24) is 15.5 Å². The molecule has 0 atom stereocenters. The predicted molar refractivity (Wildman–Crippen MR) is 67.9 cm³/mol. The molecule has 5 heteroatoms. The van der Waals surface area contributed by atoms with Gasteiger partial charge < -0.3 is 14.9 Å². The van der Waals surface area contributed by atoms with E-state index >= 15 is 0 Å². The lowest BCUT2D eigenvalue weighted by Crippen LogP contribution is -2.08. The molecule has 96 valence electrons. The van der Waals surface area contributed by atoms with Gasteiger partial charge in [-0.2, -0.15) is 4.98 Å². The fourth-order valence-corrected chi connectivity index (χ4v) is 1.65. The average molecular weight is 247 g/mol. The van der Waals surface area contributed by atoms with E-state index in [2.05, 4.69) is 15.5 Å². The maximum absolute atomic E-state index is 8.97. The van der Waals surface area contributed by atoms with Gasteiger partial charge in [0.2, 0.25) is 11.7 Å². The van der Waals surface area contributed by atoms with Crippen LogP contribution in [0.1, 0.15) is 17.9 Å². The van der Waals surface area contributed by atoms with Crippen molar-refractivity contribution in [2.75, 3.05) is 13.6 Å². The van der Waals surface area contributed by atoms with Gasteiger partial charge in [-0.1, -0.05) is 29.4 Å². The predicted octanol–water partition coefficient (Wildman–Crippen LogP) is 1.38. The highest BCUT2D eigenvalue weighted by Gasteiger charge is 2.07. The molecule has 18 heavy (non-hydrogen) atoms. The second-order valence-electron chi connectivity index (χ2n) is 4.07. The zero-order valence-electron chi connectivity index (χ0n) is 10.4. The molecule has 2 rings (SSSR count). The number of aliphatic hydroxyl groups is 1. The SMILES string of the molecule is CNCCCc1nc(-c2ccc(CO)cc2)no1. The van der Waals surface area contributed by atoms with Crippen LogP contribution in [0.2, 0.25) is 0 Å². The van der Waals surface area contributed by atoms with Crippen molar-refractivity contribution in [3.8, 4) is 11.4 Å². The molecule has 1 aromatic heterocycles. The van der Waals surface area contributed by atoms with E-state index in [1.807, 2.05) is 31.3 Å². The summed E-state index contributed by atoms with van der Waals surface area (Å²) in [7, 11) is 1.92. The van der Waals surface area contributed by atoms with E-state index in [4.69, 9.17) is 9.63 Å². The second kappa shape index (κ2) is 6.28. The maximum Gasteiger partial charge on any atom is 0.227 e. The van der Waals surface area contributed by atoms with Crippen LogP contribution in [0.5, 0.6) is 0 Å². The topological polar surface area (TPSA) is 71.2 Å². The molecule has 0 spiro atoms. The number of aromatic nitrogens is 2. The van der Waals surface area contributed by atoms with Crippen LogP contribution in [0.15, 0.2) is 28.8 Å². The Labute approximate surface area is 106 Å². The van der Waals surface area contributed by atoms with Crippen molar-refractivity contribution >= 4 is 0 Å². The number of nitrogens with zero attached hydrogens (tertiary/aromatic N) is 2. The standard InChI is InChI=1S/C13H17N3O2/c1-14-8-2-3-12-15-13(16-18-12)11-6-4-10(9-17)5-7-11/h4-7,14,17H,2-3,8-9H2,1H3. The number of aliphatic hydroxyl groups excluding tert-OH is 1. The summed E-state index contributed by atoms with van der Waals surface area (Å²) < 4.78 is 5.18. The molecule has 0 fully saturated rings. The third-order valence-electron chi connectivity index (χ3n) is 2.68. The first-order chi connectivity index (χ1) is 8.83. The van der Waals surface area contributed by atoms with Crippen LogP contribution in [0.3, 0.4) is 0 Å². The zero-order valence-corrected chi connectivity index (χ0v) is 10.4. The van der Waals surface area contributed by atoms with Gasteiger partial charge in [-0.25, -0.2) is 0 Å². The molecule has 0 amide bonds. The average Bonchev–Trinajstić information content (AvgIpc) is 2.88. The Bertz CT molecular complexity index is 479. The first-order valence-corrected chi connectivity index (χ1v) is 6.01. The molecule has 0 aliphatic rings. The largest absolute Gasteiger partial charge is 0.392 e. The summed E-state index contributed by atoms with van der Waals surface area (Å²) in [6, 6.07) is 7.47. The van der Waals surface area contributed by atoms with E-state index in [1.165, 1.54) is 0 Å². The van der Waals surface area contributed by atoms with E-state index in [0.29, 0.717) is 11.7 Å². The van der Waals surface area contributed by atoms with Crippen LogP contribution < -0.4 is 5.32 Å². The van der Waals surface area contributed by atoms with Crippen LogP contribution in [0.4, 0.5) is 0 Å². The first-order valence-electron chi connectivity index (χ1n) is 6.01. The van der Waals surface area contributed by atoms with Gasteiger partial charge in [-0.15, -0.1) is 0 Å². The molecule has 1 heterocycles. The Morgan fingerprint density at radius 3 is 2.72 bits per heavy atom. The van der Waals surface area contributed by atoms with Crippen LogP contribution in [0, 0.1) is 0 Å². The summed E-state index contributed by atoms with van der Waals surface area (Å²) >= 11 is 0. The minimum absolute atomic E-state index is 0.0434.